The van der Waals surface area contributed by atoms with Crippen LogP contribution in [0.25, 0.3) is 0 Å². The zero-order valence-corrected chi connectivity index (χ0v) is 13.8. The highest BCUT2D eigenvalue weighted by Crippen LogP contribution is 2.13. The largest absolute Gasteiger partial charge is 0.449 e. The van der Waals surface area contributed by atoms with Crippen molar-refractivity contribution in [1.82, 2.24) is 0 Å². The van der Waals surface area contributed by atoms with Crippen LogP contribution in [0, 0.1) is 20.8 Å². The number of nitrogens with one attached hydrogen (secondary N) is 1. The highest BCUT2D eigenvalue weighted by molar-refractivity contribution is 5.97. The van der Waals surface area contributed by atoms with E-state index in [4.69, 9.17) is 4.74 Å². The summed E-state index contributed by atoms with van der Waals surface area (Å²) in [5.41, 5.74) is 4.15. The number of rotatable bonds is 4. The summed E-state index contributed by atoms with van der Waals surface area (Å²) < 4.78 is 5.26. The van der Waals surface area contributed by atoms with Crippen molar-refractivity contribution in [2.75, 3.05) is 5.32 Å². The maximum Gasteiger partial charge on any atom is 0.338 e. The number of anilines is 1. The molecule has 0 aliphatic heterocycles. The average molecular weight is 311 g/mol. The molecule has 0 saturated carbocycles. The molecule has 0 spiro atoms. The van der Waals surface area contributed by atoms with Crippen molar-refractivity contribution in [3.05, 3.63) is 64.7 Å². The Morgan fingerprint density at radius 3 is 2.22 bits per heavy atom. The van der Waals surface area contributed by atoms with Crippen LogP contribution in [-0.2, 0) is 9.53 Å². The van der Waals surface area contributed by atoms with Gasteiger partial charge in [-0.1, -0.05) is 29.3 Å². The van der Waals surface area contributed by atoms with Crippen molar-refractivity contribution in [2.24, 2.45) is 0 Å². The molecule has 2 aromatic rings. The van der Waals surface area contributed by atoms with E-state index in [-0.39, 0.29) is 5.91 Å². The van der Waals surface area contributed by atoms with Gasteiger partial charge in [0.15, 0.2) is 6.10 Å². The van der Waals surface area contributed by atoms with E-state index in [2.05, 4.69) is 5.32 Å². The number of hydrogen-bond donors (Lipinski definition) is 1. The van der Waals surface area contributed by atoms with Gasteiger partial charge in [0.2, 0.25) is 0 Å². The number of esters is 1. The third-order valence-electron chi connectivity index (χ3n) is 3.40. The molecular formula is C19H21NO3. The smallest absolute Gasteiger partial charge is 0.338 e. The van der Waals surface area contributed by atoms with Crippen LogP contribution < -0.4 is 5.32 Å². The number of ether oxygens (including phenoxy) is 1. The van der Waals surface area contributed by atoms with Crippen molar-refractivity contribution < 1.29 is 14.3 Å². The molecule has 0 fully saturated rings. The number of hydrogen-bond acceptors (Lipinski definition) is 3. The molecule has 2 rings (SSSR count). The number of carbonyl (C=O) groups excluding carboxylic acids is 2. The lowest BCUT2D eigenvalue weighted by molar-refractivity contribution is -0.123. The Labute approximate surface area is 136 Å². The first-order valence-electron chi connectivity index (χ1n) is 7.52. The Morgan fingerprint density at radius 1 is 0.957 bits per heavy atom. The fraction of sp³-hybridized carbons (Fsp3) is 0.263. The first-order chi connectivity index (χ1) is 10.8. The van der Waals surface area contributed by atoms with Gasteiger partial charge in [-0.15, -0.1) is 0 Å². The van der Waals surface area contributed by atoms with Gasteiger partial charge in [-0.25, -0.2) is 4.79 Å². The van der Waals surface area contributed by atoms with Crippen LogP contribution >= 0.6 is 0 Å². The van der Waals surface area contributed by atoms with Gasteiger partial charge in [0.25, 0.3) is 5.91 Å². The van der Waals surface area contributed by atoms with Crippen molar-refractivity contribution in [3.63, 3.8) is 0 Å². The summed E-state index contributed by atoms with van der Waals surface area (Å²) in [6.07, 6.45) is -0.871. The fourth-order valence-electron chi connectivity index (χ4n) is 2.34. The first-order valence-corrected chi connectivity index (χ1v) is 7.52. The standard InChI is InChI=1S/C19H21NO3/c1-12-6-5-7-17(11-12)20-18(21)15(4)23-19(22)16-9-13(2)8-14(3)10-16/h5-11,15H,1-4H3,(H,20,21)/t15-/m1/s1. The van der Waals surface area contributed by atoms with Crippen LogP contribution in [0.4, 0.5) is 5.69 Å². The van der Waals surface area contributed by atoms with E-state index < -0.39 is 12.1 Å². The molecule has 4 nitrogen and oxygen atoms in total. The number of carbonyl (C=O) groups is 2. The molecule has 0 radical (unpaired) electrons. The van der Waals surface area contributed by atoms with Crippen LogP contribution in [0.3, 0.4) is 0 Å². The molecular weight excluding hydrogens is 290 g/mol. The molecule has 4 heteroatoms. The second-order valence-corrected chi connectivity index (χ2v) is 5.78. The van der Waals surface area contributed by atoms with Crippen LogP contribution in [0.2, 0.25) is 0 Å². The van der Waals surface area contributed by atoms with E-state index in [1.54, 1.807) is 25.1 Å². The van der Waals surface area contributed by atoms with Crippen LogP contribution in [0.15, 0.2) is 42.5 Å². The predicted molar refractivity (Wildman–Crippen MR) is 90.6 cm³/mol. The Bertz CT molecular complexity index is 717. The molecule has 0 bridgehead atoms. The Morgan fingerprint density at radius 2 is 1.61 bits per heavy atom. The third-order valence-corrected chi connectivity index (χ3v) is 3.40. The van der Waals surface area contributed by atoms with Crippen molar-refractivity contribution in [2.45, 2.75) is 33.8 Å². The van der Waals surface area contributed by atoms with Gasteiger partial charge in [0.1, 0.15) is 0 Å². The van der Waals surface area contributed by atoms with Gasteiger partial charge >= 0.3 is 5.97 Å². The lowest BCUT2D eigenvalue weighted by Gasteiger charge is -2.14. The van der Waals surface area contributed by atoms with Gasteiger partial charge in [-0.05, 0) is 57.5 Å². The Balaban J connectivity index is 2.01. The van der Waals surface area contributed by atoms with Gasteiger partial charge < -0.3 is 10.1 Å². The number of amides is 1. The zero-order valence-electron chi connectivity index (χ0n) is 13.8. The van der Waals surface area contributed by atoms with E-state index in [0.717, 1.165) is 16.7 Å². The second-order valence-electron chi connectivity index (χ2n) is 5.78. The molecule has 1 N–H and O–H groups in total. The minimum Gasteiger partial charge on any atom is -0.449 e. The summed E-state index contributed by atoms with van der Waals surface area (Å²) in [5, 5.41) is 2.75. The molecule has 23 heavy (non-hydrogen) atoms. The highest BCUT2D eigenvalue weighted by atomic mass is 16.5. The molecule has 0 aliphatic carbocycles. The summed E-state index contributed by atoms with van der Waals surface area (Å²) >= 11 is 0. The fourth-order valence-corrected chi connectivity index (χ4v) is 2.34. The van der Waals surface area contributed by atoms with E-state index >= 15 is 0 Å². The zero-order chi connectivity index (χ0) is 17.0. The molecule has 1 amide bonds. The molecule has 0 unspecified atom stereocenters. The summed E-state index contributed by atoms with van der Waals surface area (Å²) in [7, 11) is 0. The van der Waals surface area contributed by atoms with Gasteiger partial charge in [-0.2, -0.15) is 0 Å². The second kappa shape index (κ2) is 7.09. The van der Waals surface area contributed by atoms with Crippen LogP contribution in [0.1, 0.15) is 34.0 Å². The molecule has 1 atom stereocenters. The number of benzene rings is 2. The van der Waals surface area contributed by atoms with Crippen LogP contribution in [-0.4, -0.2) is 18.0 Å². The summed E-state index contributed by atoms with van der Waals surface area (Å²) in [6, 6.07) is 12.9. The summed E-state index contributed by atoms with van der Waals surface area (Å²) in [6.45, 7) is 7.33. The maximum atomic E-state index is 12.2. The first kappa shape index (κ1) is 16.7. The quantitative estimate of drug-likeness (QED) is 0.874. The van der Waals surface area contributed by atoms with Gasteiger partial charge in [-0.3, -0.25) is 4.79 Å². The summed E-state index contributed by atoms with van der Waals surface area (Å²) in [4.78, 5) is 24.3. The number of aryl methyl sites for hydroxylation is 3. The van der Waals surface area contributed by atoms with E-state index in [1.165, 1.54) is 0 Å². The normalized spacial score (nSPS) is 11.7. The topological polar surface area (TPSA) is 55.4 Å². The molecule has 0 heterocycles. The maximum absolute atomic E-state index is 12.2. The van der Waals surface area contributed by atoms with E-state index in [0.29, 0.717) is 11.3 Å². The van der Waals surface area contributed by atoms with Crippen LogP contribution in [0.5, 0.6) is 0 Å². The molecule has 120 valence electrons. The average Bonchev–Trinajstić information content (AvgIpc) is 2.46. The van der Waals surface area contributed by atoms with Crippen molar-refractivity contribution in [1.29, 1.82) is 0 Å². The lowest BCUT2D eigenvalue weighted by atomic mass is 10.1. The van der Waals surface area contributed by atoms with Crippen molar-refractivity contribution in [3.8, 4) is 0 Å². The monoisotopic (exact) mass is 311 g/mol. The minimum absolute atomic E-state index is 0.353. The Kier molecular flexibility index (Phi) is 5.16. The van der Waals surface area contributed by atoms with E-state index in [9.17, 15) is 9.59 Å². The SMILES string of the molecule is Cc1cccc(NC(=O)[C@@H](C)OC(=O)c2cc(C)cc(C)c2)c1. The molecule has 0 aromatic heterocycles. The van der Waals surface area contributed by atoms with Crippen molar-refractivity contribution >= 4 is 17.6 Å². The minimum atomic E-state index is -0.871. The molecule has 0 aliphatic rings. The predicted octanol–water partition coefficient (Wildman–Crippen LogP) is 3.80. The van der Waals surface area contributed by atoms with Gasteiger partial charge in [0.05, 0.1) is 5.56 Å². The lowest BCUT2D eigenvalue weighted by Crippen LogP contribution is -2.30. The van der Waals surface area contributed by atoms with Gasteiger partial charge in [0, 0.05) is 5.69 Å². The van der Waals surface area contributed by atoms with E-state index in [1.807, 2.05) is 45.0 Å². The molecule has 0 saturated heterocycles. The molecule has 2 aromatic carbocycles. The summed E-state index contributed by atoms with van der Waals surface area (Å²) in [5.74, 6) is -0.850. The Hall–Kier alpha value is -2.62. The highest BCUT2D eigenvalue weighted by Gasteiger charge is 2.19. The third kappa shape index (κ3) is 4.68.